The minimum Gasteiger partial charge on any atom is -0.260 e. The van der Waals surface area contributed by atoms with E-state index in [1.54, 1.807) is 18.1 Å². The quantitative estimate of drug-likeness (QED) is 0.451. The lowest BCUT2D eigenvalue weighted by Gasteiger charge is -2.05. The van der Waals surface area contributed by atoms with Gasteiger partial charge in [0, 0.05) is 17.5 Å². The normalized spacial score (nSPS) is 11.2. The summed E-state index contributed by atoms with van der Waals surface area (Å²) in [7, 11) is 0. The first-order chi connectivity index (χ1) is 8.35. The summed E-state index contributed by atoms with van der Waals surface area (Å²) in [5, 5.41) is 8.81. The van der Waals surface area contributed by atoms with Crippen LogP contribution in [-0.4, -0.2) is 32.0 Å². The third kappa shape index (κ3) is 2.94. The van der Waals surface area contributed by atoms with E-state index < -0.39 is 0 Å². The van der Waals surface area contributed by atoms with Crippen LogP contribution in [0.5, 0.6) is 0 Å². The molecule has 17 heavy (non-hydrogen) atoms. The van der Waals surface area contributed by atoms with Gasteiger partial charge in [0.05, 0.1) is 6.67 Å². The Labute approximate surface area is 104 Å². The van der Waals surface area contributed by atoms with Crippen molar-refractivity contribution in [3.63, 3.8) is 0 Å². The van der Waals surface area contributed by atoms with Crippen LogP contribution in [0.1, 0.15) is 25.5 Å². The summed E-state index contributed by atoms with van der Waals surface area (Å²) in [4.78, 5) is 4.54. The lowest BCUT2D eigenvalue weighted by molar-refractivity contribution is 0.470. The molecule has 0 aliphatic heterocycles. The average molecular weight is 254 g/mol. The van der Waals surface area contributed by atoms with Crippen molar-refractivity contribution >= 4 is 17.4 Å². The lowest BCUT2D eigenvalue weighted by atomic mass is 10.3. The standard InChI is InChI=1S/C11H15FN4S/c1-2-9-7-10-15-13-8-16(10)11(14-9)17-6-4-3-5-12/h7-8H,2-6H2,1H3. The van der Waals surface area contributed by atoms with E-state index in [2.05, 4.69) is 22.1 Å². The minimum atomic E-state index is -0.245. The van der Waals surface area contributed by atoms with Crippen LogP contribution in [0.25, 0.3) is 5.65 Å². The molecule has 0 aliphatic rings. The predicted octanol–water partition coefficient (Wildman–Crippen LogP) is 2.53. The van der Waals surface area contributed by atoms with Gasteiger partial charge in [0.15, 0.2) is 10.8 Å². The largest absolute Gasteiger partial charge is 0.260 e. The molecule has 0 amide bonds. The number of aromatic nitrogens is 4. The number of unbranched alkanes of at least 4 members (excludes halogenated alkanes) is 1. The molecule has 0 bridgehead atoms. The first-order valence-electron chi connectivity index (χ1n) is 5.73. The molecule has 0 N–H and O–H groups in total. The molecule has 2 heterocycles. The van der Waals surface area contributed by atoms with Crippen molar-refractivity contribution in [1.82, 2.24) is 19.6 Å². The minimum absolute atomic E-state index is 0.245. The summed E-state index contributed by atoms with van der Waals surface area (Å²) in [6.07, 6.45) is 4.02. The van der Waals surface area contributed by atoms with Gasteiger partial charge in [-0.15, -0.1) is 10.2 Å². The lowest BCUT2D eigenvalue weighted by Crippen LogP contribution is -1.98. The van der Waals surface area contributed by atoms with Crippen molar-refractivity contribution in [3.05, 3.63) is 18.1 Å². The van der Waals surface area contributed by atoms with Gasteiger partial charge in [-0.25, -0.2) is 4.98 Å². The maximum absolute atomic E-state index is 12.0. The van der Waals surface area contributed by atoms with Gasteiger partial charge in [0.1, 0.15) is 6.33 Å². The van der Waals surface area contributed by atoms with E-state index in [-0.39, 0.29) is 6.67 Å². The molecule has 4 nitrogen and oxygen atoms in total. The van der Waals surface area contributed by atoms with Gasteiger partial charge in [-0.3, -0.25) is 8.79 Å². The number of alkyl halides is 1. The van der Waals surface area contributed by atoms with Crippen molar-refractivity contribution in [2.45, 2.75) is 31.3 Å². The number of thioether (sulfide) groups is 1. The Morgan fingerprint density at radius 1 is 1.41 bits per heavy atom. The Balaban J connectivity index is 2.16. The van der Waals surface area contributed by atoms with Crippen molar-refractivity contribution in [2.75, 3.05) is 12.4 Å². The van der Waals surface area contributed by atoms with Gasteiger partial charge >= 0.3 is 0 Å². The SMILES string of the molecule is CCc1cc2nncn2c(SCCCCF)n1. The van der Waals surface area contributed by atoms with Crippen molar-refractivity contribution in [3.8, 4) is 0 Å². The van der Waals surface area contributed by atoms with Gasteiger partial charge in [-0.1, -0.05) is 18.7 Å². The molecule has 0 spiro atoms. The first kappa shape index (κ1) is 12.3. The fraction of sp³-hybridized carbons (Fsp3) is 0.545. The molecule has 2 rings (SSSR count). The molecule has 2 aromatic heterocycles. The first-order valence-corrected chi connectivity index (χ1v) is 6.72. The number of hydrogen-bond donors (Lipinski definition) is 0. The zero-order chi connectivity index (χ0) is 12.1. The Hall–Kier alpha value is -1.17. The number of aryl methyl sites for hydroxylation is 1. The maximum Gasteiger partial charge on any atom is 0.175 e. The smallest absolute Gasteiger partial charge is 0.175 e. The Morgan fingerprint density at radius 3 is 3.06 bits per heavy atom. The van der Waals surface area contributed by atoms with Crippen LogP contribution in [0, 0.1) is 0 Å². The second-order valence-electron chi connectivity index (χ2n) is 3.69. The van der Waals surface area contributed by atoms with E-state index in [0.717, 1.165) is 35.1 Å². The van der Waals surface area contributed by atoms with E-state index in [1.165, 1.54) is 0 Å². The molecule has 0 atom stereocenters. The van der Waals surface area contributed by atoms with Crippen molar-refractivity contribution in [2.24, 2.45) is 0 Å². The van der Waals surface area contributed by atoms with E-state index in [0.29, 0.717) is 6.42 Å². The summed E-state index contributed by atoms with van der Waals surface area (Å²) < 4.78 is 13.9. The molecule has 0 aromatic carbocycles. The molecule has 0 radical (unpaired) electrons. The summed E-state index contributed by atoms with van der Waals surface area (Å²) in [6, 6.07) is 1.94. The summed E-state index contributed by atoms with van der Waals surface area (Å²) in [5.41, 5.74) is 1.84. The molecule has 6 heteroatoms. The van der Waals surface area contributed by atoms with Crippen LogP contribution >= 0.6 is 11.8 Å². The maximum atomic E-state index is 12.0. The van der Waals surface area contributed by atoms with E-state index in [4.69, 9.17) is 0 Å². The highest BCUT2D eigenvalue weighted by molar-refractivity contribution is 7.99. The van der Waals surface area contributed by atoms with E-state index in [9.17, 15) is 4.39 Å². The fourth-order valence-corrected chi connectivity index (χ4v) is 2.48. The van der Waals surface area contributed by atoms with Gasteiger partial charge in [0.2, 0.25) is 0 Å². The van der Waals surface area contributed by atoms with Crippen molar-refractivity contribution < 1.29 is 4.39 Å². The molecule has 2 aromatic rings. The third-order valence-corrected chi connectivity index (χ3v) is 3.48. The molecule has 0 saturated heterocycles. The van der Waals surface area contributed by atoms with E-state index in [1.807, 2.05) is 10.5 Å². The van der Waals surface area contributed by atoms with Gasteiger partial charge < -0.3 is 0 Å². The molecular weight excluding hydrogens is 239 g/mol. The number of nitrogens with zero attached hydrogens (tertiary/aromatic N) is 4. The number of hydrogen-bond acceptors (Lipinski definition) is 4. The van der Waals surface area contributed by atoms with Crippen LogP contribution < -0.4 is 0 Å². The molecule has 0 fully saturated rings. The fourth-order valence-electron chi connectivity index (χ4n) is 1.49. The monoisotopic (exact) mass is 254 g/mol. The predicted molar refractivity (Wildman–Crippen MR) is 66.1 cm³/mol. The van der Waals surface area contributed by atoms with Crippen molar-refractivity contribution in [1.29, 1.82) is 0 Å². The molecule has 0 saturated carbocycles. The number of rotatable bonds is 6. The Bertz CT molecular complexity index is 485. The third-order valence-electron chi connectivity index (χ3n) is 2.44. The average Bonchev–Trinajstić information content (AvgIpc) is 2.82. The number of halogens is 1. The van der Waals surface area contributed by atoms with Gasteiger partial charge in [-0.05, 0) is 19.3 Å². The second kappa shape index (κ2) is 5.95. The second-order valence-corrected chi connectivity index (χ2v) is 4.75. The van der Waals surface area contributed by atoms with Crippen LogP contribution in [0.15, 0.2) is 17.6 Å². The molecule has 0 unspecified atom stereocenters. The van der Waals surface area contributed by atoms with Crippen LogP contribution in [0.2, 0.25) is 0 Å². The molecule has 0 aliphatic carbocycles. The molecular formula is C11H15FN4S. The highest BCUT2D eigenvalue weighted by Crippen LogP contribution is 2.19. The van der Waals surface area contributed by atoms with E-state index >= 15 is 0 Å². The highest BCUT2D eigenvalue weighted by Gasteiger charge is 2.06. The summed E-state index contributed by atoms with van der Waals surface area (Å²) in [5.74, 6) is 0.872. The zero-order valence-electron chi connectivity index (χ0n) is 9.77. The summed E-state index contributed by atoms with van der Waals surface area (Å²) >= 11 is 1.63. The topological polar surface area (TPSA) is 43.1 Å². The molecule has 92 valence electrons. The summed E-state index contributed by atoms with van der Waals surface area (Å²) in [6.45, 7) is 1.82. The van der Waals surface area contributed by atoms with Crippen LogP contribution in [-0.2, 0) is 6.42 Å². The van der Waals surface area contributed by atoms with Crippen LogP contribution in [0.4, 0.5) is 4.39 Å². The van der Waals surface area contributed by atoms with Crippen LogP contribution in [0.3, 0.4) is 0 Å². The Morgan fingerprint density at radius 2 is 2.29 bits per heavy atom. The highest BCUT2D eigenvalue weighted by atomic mass is 32.2. The van der Waals surface area contributed by atoms with Gasteiger partial charge in [0.25, 0.3) is 0 Å². The van der Waals surface area contributed by atoms with Gasteiger partial charge in [-0.2, -0.15) is 0 Å². The number of fused-ring (bicyclic) bond motifs is 1. The Kier molecular flexibility index (Phi) is 4.30. The zero-order valence-corrected chi connectivity index (χ0v) is 10.6.